The molecule has 0 bridgehead atoms. The number of hydrogen-bond acceptors (Lipinski definition) is 2. The quantitative estimate of drug-likeness (QED) is 0.323. The Morgan fingerprint density at radius 1 is 1.35 bits per heavy atom. The van der Waals surface area contributed by atoms with Crippen molar-refractivity contribution in [3.05, 3.63) is 12.2 Å². The van der Waals surface area contributed by atoms with E-state index >= 15 is 0 Å². The Kier molecular flexibility index (Phi) is 9.62. The molecule has 0 aromatic rings. The highest BCUT2D eigenvalue weighted by Gasteiger charge is 2.16. The second-order valence-corrected chi connectivity index (χ2v) is 5.39. The molecule has 1 amide bonds. The SMILES string of the molecule is C=C(C)CNC(=NCC(=O)N(C)C)NC1CCCC1.I. The lowest BCUT2D eigenvalue weighted by Gasteiger charge is -2.18. The number of carbonyl (C=O) groups excluding carboxylic acids is 1. The van der Waals surface area contributed by atoms with Crippen LogP contribution in [0.3, 0.4) is 0 Å². The first-order valence-electron chi connectivity index (χ1n) is 6.88. The van der Waals surface area contributed by atoms with Crippen molar-refractivity contribution < 1.29 is 4.79 Å². The van der Waals surface area contributed by atoms with Crippen molar-refractivity contribution in [3.8, 4) is 0 Å². The van der Waals surface area contributed by atoms with Gasteiger partial charge in [-0.2, -0.15) is 0 Å². The maximum Gasteiger partial charge on any atom is 0.243 e. The third-order valence-electron chi connectivity index (χ3n) is 3.12. The fourth-order valence-electron chi connectivity index (χ4n) is 1.94. The number of rotatable bonds is 5. The van der Waals surface area contributed by atoms with Crippen LogP contribution in [0.5, 0.6) is 0 Å². The Morgan fingerprint density at radius 3 is 2.45 bits per heavy atom. The number of likely N-dealkylation sites (N-methyl/N-ethyl adjacent to an activating group) is 1. The average Bonchev–Trinajstić information content (AvgIpc) is 2.84. The number of nitrogens with one attached hydrogen (secondary N) is 2. The Labute approximate surface area is 139 Å². The van der Waals surface area contributed by atoms with Gasteiger partial charge in [0.05, 0.1) is 0 Å². The zero-order valence-electron chi connectivity index (χ0n) is 12.7. The van der Waals surface area contributed by atoms with Gasteiger partial charge < -0.3 is 15.5 Å². The molecular formula is C14H27IN4O. The molecule has 0 unspecified atom stereocenters. The van der Waals surface area contributed by atoms with Gasteiger partial charge in [0.2, 0.25) is 5.91 Å². The monoisotopic (exact) mass is 394 g/mol. The summed E-state index contributed by atoms with van der Waals surface area (Å²) < 4.78 is 0. The minimum atomic E-state index is 0. The minimum absolute atomic E-state index is 0. The number of halogens is 1. The summed E-state index contributed by atoms with van der Waals surface area (Å²) in [6.07, 6.45) is 4.88. The Balaban J connectivity index is 0.00000361. The molecule has 0 aromatic heterocycles. The lowest BCUT2D eigenvalue weighted by Crippen LogP contribution is -2.43. The van der Waals surface area contributed by atoms with E-state index < -0.39 is 0 Å². The molecule has 0 aromatic carbocycles. The van der Waals surface area contributed by atoms with Gasteiger partial charge in [0.15, 0.2) is 5.96 Å². The van der Waals surface area contributed by atoms with E-state index in [4.69, 9.17) is 0 Å². The van der Waals surface area contributed by atoms with Crippen molar-refractivity contribution in [1.29, 1.82) is 0 Å². The van der Waals surface area contributed by atoms with Gasteiger partial charge >= 0.3 is 0 Å². The van der Waals surface area contributed by atoms with Gasteiger partial charge in [0, 0.05) is 26.7 Å². The second-order valence-electron chi connectivity index (χ2n) is 5.39. The van der Waals surface area contributed by atoms with Crippen LogP contribution in [0.15, 0.2) is 17.1 Å². The number of aliphatic imine (C=N–C) groups is 1. The van der Waals surface area contributed by atoms with Crippen LogP contribution in [0.25, 0.3) is 0 Å². The fraction of sp³-hybridized carbons (Fsp3) is 0.714. The van der Waals surface area contributed by atoms with Crippen LogP contribution < -0.4 is 10.6 Å². The molecule has 0 radical (unpaired) electrons. The summed E-state index contributed by atoms with van der Waals surface area (Å²) >= 11 is 0. The summed E-state index contributed by atoms with van der Waals surface area (Å²) in [6, 6.07) is 0.478. The van der Waals surface area contributed by atoms with Crippen LogP contribution in [0.1, 0.15) is 32.6 Å². The summed E-state index contributed by atoms with van der Waals surface area (Å²) in [5, 5.41) is 6.60. The van der Waals surface area contributed by atoms with Crippen molar-refractivity contribution in [1.82, 2.24) is 15.5 Å². The van der Waals surface area contributed by atoms with Gasteiger partial charge in [-0.1, -0.05) is 25.0 Å². The molecule has 1 fully saturated rings. The van der Waals surface area contributed by atoms with E-state index in [1.807, 2.05) is 6.92 Å². The highest BCUT2D eigenvalue weighted by Crippen LogP contribution is 2.17. The number of nitrogens with zero attached hydrogens (tertiary/aromatic N) is 2. The second kappa shape index (κ2) is 10.0. The van der Waals surface area contributed by atoms with Gasteiger partial charge in [-0.15, -0.1) is 24.0 Å². The molecule has 0 heterocycles. The first-order chi connectivity index (χ1) is 8.99. The molecule has 1 saturated carbocycles. The fourth-order valence-corrected chi connectivity index (χ4v) is 1.94. The Bertz CT molecular complexity index is 349. The smallest absolute Gasteiger partial charge is 0.243 e. The molecule has 2 N–H and O–H groups in total. The Hall–Kier alpha value is -0.790. The van der Waals surface area contributed by atoms with Crippen LogP contribution in [0, 0.1) is 0 Å². The first-order valence-corrected chi connectivity index (χ1v) is 6.88. The molecular weight excluding hydrogens is 367 g/mol. The van der Waals surface area contributed by atoms with Crippen LogP contribution in [-0.2, 0) is 4.79 Å². The van der Waals surface area contributed by atoms with Crippen molar-refractivity contribution in [2.45, 2.75) is 38.6 Å². The van der Waals surface area contributed by atoms with Crippen molar-refractivity contribution in [3.63, 3.8) is 0 Å². The van der Waals surface area contributed by atoms with Crippen molar-refractivity contribution >= 4 is 35.8 Å². The highest BCUT2D eigenvalue weighted by atomic mass is 127. The third-order valence-corrected chi connectivity index (χ3v) is 3.12. The molecule has 20 heavy (non-hydrogen) atoms. The number of hydrogen-bond donors (Lipinski definition) is 2. The summed E-state index contributed by atoms with van der Waals surface area (Å²) in [5.74, 6) is 0.716. The van der Waals surface area contributed by atoms with E-state index in [1.54, 1.807) is 19.0 Å². The van der Waals surface area contributed by atoms with Crippen LogP contribution in [-0.4, -0.2) is 50.0 Å². The lowest BCUT2D eigenvalue weighted by atomic mass is 10.2. The zero-order valence-corrected chi connectivity index (χ0v) is 15.1. The molecule has 1 rings (SSSR count). The van der Waals surface area contributed by atoms with Gasteiger partial charge in [-0.3, -0.25) is 4.79 Å². The van der Waals surface area contributed by atoms with Crippen molar-refractivity contribution in [2.24, 2.45) is 4.99 Å². The van der Waals surface area contributed by atoms with E-state index in [0.29, 0.717) is 18.5 Å². The van der Waals surface area contributed by atoms with E-state index in [-0.39, 0.29) is 36.4 Å². The standard InChI is InChI=1S/C14H26N4O.HI/c1-11(2)9-15-14(16-10-13(19)18(3)4)17-12-7-5-6-8-12;/h12H,1,5-10H2,2-4H3,(H2,15,16,17);1H. The number of guanidine groups is 1. The largest absolute Gasteiger partial charge is 0.354 e. The van der Waals surface area contributed by atoms with Gasteiger partial charge in [-0.05, 0) is 19.8 Å². The molecule has 0 aliphatic heterocycles. The van der Waals surface area contributed by atoms with E-state index in [0.717, 1.165) is 5.57 Å². The highest BCUT2D eigenvalue weighted by molar-refractivity contribution is 14.0. The van der Waals surface area contributed by atoms with Gasteiger partial charge in [0.25, 0.3) is 0 Å². The van der Waals surface area contributed by atoms with E-state index in [2.05, 4.69) is 22.2 Å². The summed E-state index contributed by atoms with van der Waals surface area (Å²) in [5.41, 5.74) is 1.04. The topological polar surface area (TPSA) is 56.7 Å². The van der Waals surface area contributed by atoms with Crippen LogP contribution in [0.4, 0.5) is 0 Å². The minimum Gasteiger partial charge on any atom is -0.354 e. The average molecular weight is 394 g/mol. The Morgan fingerprint density at radius 2 is 1.95 bits per heavy atom. The maximum absolute atomic E-state index is 11.6. The summed E-state index contributed by atoms with van der Waals surface area (Å²) in [4.78, 5) is 17.5. The number of carbonyl (C=O) groups is 1. The lowest BCUT2D eigenvalue weighted by molar-refractivity contribution is -0.127. The van der Waals surface area contributed by atoms with Crippen LogP contribution >= 0.6 is 24.0 Å². The molecule has 0 atom stereocenters. The number of amides is 1. The first kappa shape index (κ1) is 19.2. The third kappa shape index (κ3) is 7.72. The summed E-state index contributed by atoms with van der Waals surface area (Å²) in [7, 11) is 3.48. The molecule has 1 aliphatic carbocycles. The molecule has 6 heteroatoms. The van der Waals surface area contributed by atoms with E-state index in [1.165, 1.54) is 25.7 Å². The molecule has 1 aliphatic rings. The van der Waals surface area contributed by atoms with E-state index in [9.17, 15) is 4.79 Å². The molecule has 5 nitrogen and oxygen atoms in total. The summed E-state index contributed by atoms with van der Waals surface area (Å²) in [6.45, 7) is 6.67. The zero-order chi connectivity index (χ0) is 14.3. The van der Waals surface area contributed by atoms with Gasteiger partial charge in [-0.25, -0.2) is 4.99 Å². The molecule has 0 spiro atoms. The van der Waals surface area contributed by atoms with Gasteiger partial charge in [0.1, 0.15) is 6.54 Å². The molecule has 116 valence electrons. The predicted molar refractivity (Wildman–Crippen MR) is 94.6 cm³/mol. The normalized spacial score (nSPS) is 15.4. The molecule has 0 saturated heterocycles. The maximum atomic E-state index is 11.6. The van der Waals surface area contributed by atoms with Crippen molar-refractivity contribution in [2.75, 3.05) is 27.2 Å². The predicted octanol–water partition coefficient (Wildman–Crippen LogP) is 1.75. The van der Waals surface area contributed by atoms with Crippen LogP contribution in [0.2, 0.25) is 0 Å².